The van der Waals surface area contributed by atoms with E-state index in [1.165, 1.54) is 18.3 Å². The number of carbonyl (C=O) groups is 1. The normalized spacial score (nSPS) is 12.1. The monoisotopic (exact) mass is 525 g/mol. The van der Waals surface area contributed by atoms with E-state index in [2.05, 4.69) is 50.2 Å². The number of nitrogens with one attached hydrogen (secondary N) is 1. The standard InChI is InChI=1S/C27H32ClN5O4/c1-18-21(25(28)32(31-18)20-10-8-7-9-11-20)15-29-30-24(34)16-37-23-13-12-19(14-22(23)33(35)36)27(5,6)17-26(2,3)4/h7-15H,16-17H2,1-6H3,(H,30,34). The Morgan fingerprint density at radius 1 is 1.19 bits per heavy atom. The molecule has 0 fully saturated rings. The second-order valence-electron chi connectivity index (χ2n) is 10.7. The van der Waals surface area contributed by atoms with Crippen molar-refractivity contribution < 1.29 is 14.5 Å². The van der Waals surface area contributed by atoms with Crippen LogP contribution in [0.5, 0.6) is 5.75 Å². The first-order chi connectivity index (χ1) is 17.3. The maximum Gasteiger partial charge on any atom is 0.311 e. The van der Waals surface area contributed by atoms with Crippen molar-refractivity contribution in [3.05, 3.63) is 80.6 Å². The number of benzene rings is 2. The third kappa shape index (κ3) is 7.16. The minimum Gasteiger partial charge on any atom is -0.477 e. The molecule has 37 heavy (non-hydrogen) atoms. The maximum atomic E-state index is 12.3. The number of halogens is 1. The van der Waals surface area contributed by atoms with Crippen LogP contribution < -0.4 is 10.2 Å². The van der Waals surface area contributed by atoms with Gasteiger partial charge in [-0.15, -0.1) is 0 Å². The fraction of sp³-hybridized carbons (Fsp3) is 0.370. The Labute approximate surface area is 221 Å². The lowest BCUT2D eigenvalue weighted by Gasteiger charge is -2.33. The maximum absolute atomic E-state index is 12.3. The molecule has 3 rings (SSSR count). The molecule has 2 aromatic carbocycles. The number of ether oxygens (including phenoxy) is 1. The van der Waals surface area contributed by atoms with Crippen molar-refractivity contribution in [2.75, 3.05) is 6.61 Å². The first-order valence-corrected chi connectivity index (χ1v) is 12.2. The van der Waals surface area contributed by atoms with Crippen LogP contribution in [0, 0.1) is 22.5 Å². The predicted molar refractivity (Wildman–Crippen MR) is 145 cm³/mol. The molecule has 0 spiro atoms. The summed E-state index contributed by atoms with van der Waals surface area (Å²) in [7, 11) is 0. The van der Waals surface area contributed by atoms with Crippen LogP contribution in [-0.2, 0) is 10.2 Å². The number of hydrogen-bond donors (Lipinski definition) is 1. The second-order valence-corrected chi connectivity index (χ2v) is 11.0. The van der Waals surface area contributed by atoms with Gasteiger partial charge in [-0.25, -0.2) is 10.1 Å². The number of amides is 1. The molecule has 0 atom stereocenters. The lowest BCUT2D eigenvalue weighted by molar-refractivity contribution is -0.385. The van der Waals surface area contributed by atoms with Crippen LogP contribution in [0.2, 0.25) is 5.15 Å². The molecule has 3 aromatic rings. The summed E-state index contributed by atoms with van der Waals surface area (Å²) in [5, 5.41) is 20.4. The van der Waals surface area contributed by atoms with Crippen molar-refractivity contribution in [2.45, 2.75) is 53.4 Å². The van der Waals surface area contributed by atoms with Gasteiger partial charge in [0.1, 0.15) is 5.15 Å². The Morgan fingerprint density at radius 3 is 2.49 bits per heavy atom. The predicted octanol–water partition coefficient (Wildman–Crippen LogP) is 5.99. The van der Waals surface area contributed by atoms with Gasteiger partial charge in [0.25, 0.3) is 5.91 Å². The number of hydrazone groups is 1. The number of nitro groups is 1. The zero-order valence-electron chi connectivity index (χ0n) is 21.9. The average Bonchev–Trinajstić information content (AvgIpc) is 3.10. The highest BCUT2D eigenvalue weighted by atomic mass is 35.5. The second kappa shape index (κ2) is 11.1. The highest BCUT2D eigenvalue weighted by Gasteiger charge is 2.30. The molecule has 0 unspecified atom stereocenters. The molecule has 1 heterocycles. The minimum absolute atomic E-state index is 0.0162. The fourth-order valence-electron chi connectivity index (χ4n) is 4.37. The minimum atomic E-state index is -0.577. The third-order valence-corrected chi connectivity index (χ3v) is 6.06. The summed E-state index contributed by atoms with van der Waals surface area (Å²) in [6.07, 6.45) is 2.24. The zero-order valence-corrected chi connectivity index (χ0v) is 22.7. The number of nitro benzene ring substituents is 1. The molecular formula is C27H32ClN5O4. The quantitative estimate of drug-likeness (QED) is 0.209. The van der Waals surface area contributed by atoms with E-state index < -0.39 is 17.4 Å². The number of aryl methyl sites for hydroxylation is 1. The summed E-state index contributed by atoms with van der Waals surface area (Å²) < 4.78 is 7.05. The van der Waals surface area contributed by atoms with Gasteiger partial charge in [0.05, 0.1) is 28.1 Å². The van der Waals surface area contributed by atoms with Crippen LogP contribution in [0.4, 0.5) is 5.69 Å². The van der Waals surface area contributed by atoms with Crippen molar-refractivity contribution in [3.63, 3.8) is 0 Å². The Morgan fingerprint density at radius 2 is 1.86 bits per heavy atom. The van der Waals surface area contributed by atoms with Gasteiger partial charge >= 0.3 is 5.69 Å². The Kier molecular flexibility index (Phi) is 8.38. The molecule has 0 aliphatic rings. The lowest BCUT2D eigenvalue weighted by atomic mass is 9.72. The van der Waals surface area contributed by atoms with Crippen molar-refractivity contribution in [3.8, 4) is 11.4 Å². The van der Waals surface area contributed by atoms with E-state index in [1.54, 1.807) is 17.7 Å². The fourth-order valence-corrected chi connectivity index (χ4v) is 4.69. The molecule has 10 heteroatoms. The lowest BCUT2D eigenvalue weighted by Crippen LogP contribution is -2.26. The summed E-state index contributed by atoms with van der Waals surface area (Å²) in [5.74, 6) is -0.561. The van der Waals surface area contributed by atoms with Crippen LogP contribution in [0.25, 0.3) is 5.69 Å². The van der Waals surface area contributed by atoms with E-state index in [4.69, 9.17) is 16.3 Å². The molecule has 1 N–H and O–H groups in total. The van der Waals surface area contributed by atoms with E-state index in [0.717, 1.165) is 17.7 Å². The number of hydrogen-bond acceptors (Lipinski definition) is 6. The van der Waals surface area contributed by atoms with Crippen molar-refractivity contribution >= 4 is 29.4 Å². The summed E-state index contributed by atoms with van der Waals surface area (Å²) in [5.41, 5.74) is 4.75. The van der Waals surface area contributed by atoms with Crippen molar-refractivity contribution in [2.24, 2.45) is 10.5 Å². The van der Waals surface area contributed by atoms with Crippen molar-refractivity contribution in [1.29, 1.82) is 0 Å². The Balaban J connectivity index is 1.66. The van der Waals surface area contributed by atoms with Gasteiger partial charge in [0, 0.05) is 6.07 Å². The number of rotatable bonds is 9. The van der Waals surface area contributed by atoms with E-state index in [9.17, 15) is 14.9 Å². The molecule has 0 aliphatic carbocycles. The molecular weight excluding hydrogens is 494 g/mol. The summed E-state index contributed by atoms with van der Waals surface area (Å²) >= 11 is 6.46. The van der Waals surface area contributed by atoms with Crippen LogP contribution in [0.1, 0.15) is 57.9 Å². The smallest absolute Gasteiger partial charge is 0.311 e. The van der Waals surface area contributed by atoms with E-state index in [1.807, 2.05) is 30.3 Å². The molecule has 0 bridgehead atoms. The first-order valence-electron chi connectivity index (χ1n) is 11.8. The van der Waals surface area contributed by atoms with E-state index >= 15 is 0 Å². The highest BCUT2D eigenvalue weighted by molar-refractivity contribution is 6.32. The first kappa shape index (κ1) is 27.9. The largest absolute Gasteiger partial charge is 0.477 e. The topological polar surface area (TPSA) is 112 Å². The van der Waals surface area contributed by atoms with Crippen LogP contribution >= 0.6 is 11.6 Å². The van der Waals surface area contributed by atoms with Gasteiger partial charge in [-0.2, -0.15) is 10.2 Å². The van der Waals surface area contributed by atoms with Crippen molar-refractivity contribution in [1.82, 2.24) is 15.2 Å². The number of aromatic nitrogens is 2. The number of para-hydroxylation sites is 1. The number of nitrogens with zero attached hydrogens (tertiary/aromatic N) is 4. The molecule has 196 valence electrons. The molecule has 0 saturated carbocycles. The summed E-state index contributed by atoms with van der Waals surface area (Å²) in [4.78, 5) is 23.5. The SMILES string of the molecule is Cc1nn(-c2ccccc2)c(Cl)c1C=NNC(=O)COc1ccc(C(C)(C)CC(C)(C)C)cc1[N+](=O)[O-]. The van der Waals surface area contributed by atoms with Gasteiger partial charge in [0.15, 0.2) is 12.4 Å². The van der Waals surface area contributed by atoms with Gasteiger partial charge in [-0.1, -0.05) is 70.5 Å². The van der Waals surface area contributed by atoms with Crippen LogP contribution in [0.15, 0.2) is 53.6 Å². The average molecular weight is 526 g/mol. The zero-order chi connectivity index (χ0) is 27.4. The molecule has 1 aromatic heterocycles. The molecule has 0 saturated heterocycles. The molecule has 0 radical (unpaired) electrons. The van der Waals surface area contributed by atoms with Crippen LogP contribution in [-0.4, -0.2) is 33.4 Å². The molecule has 9 nitrogen and oxygen atoms in total. The Bertz CT molecular complexity index is 1310. The van der Waals surface area contributed by atoms with Crippen LogP contribution in [0.3, 0.4) is 0 Å². The molecule has 1 amide bonds. The number of carbonyl (C=O) groups excluding carboxylic acids is 1. The van der Waals surface area contributed by atoms with Gasteiger partial charge in [0.2, 0.25) is 0 Å². The molecule has 0 aliphatic heterocycles. The van der Waals surface area contributed by atoms with E-state index in [0.29, 0.717) is 16.4 Å². The summed E-state index contributed by atoms with van der Waals surface area (Å²) in [6.45, 7) is 11.8. The highest BCUT2D eigenvalue weighted by Crippen LogP contribution is 2.39. The van der Waals surface area contributed by atoms with Gasteiger partial charge in [-0.3, -0.25) is 14.9 Å². The van der Waals surface area contributed by atoms with E-state index in [-0.39, 0.29) is 22.3 Å². The van der Waals surface area contributed by atoms with Gasteiger partial charge in [-0.05, 0) is 47.9 Å². The summed E-state index contributed by atoms with van der Waals surface area (Å²) in [6, 6.07) is 14.2. The van der Waals surface area contributed by atoms with Gasteiger partial charge < -0.3 is 4.74 Å². The third-order valence-electron chi connectivity index (χ3n) is 5.70. The Hall–Kier alpha value is -3.72.